The third-order valence-electron chi connectivity index (χ3n) is 1.88. The quantitative estimate of drug-likeness (QED) is 0.743. The maximum atomic E-state index is 11.8. The molecule has 0 spiro atoms. The van der Waals surface area contributed by atoms with Crippen LogP contribution in [0.2, 0.25) is 0 Å². The molecule has 0 unspecified atom stereocenters. The van der Waals surface area contributed by atoms with Gasteiger partial charge in [-0.25, -0.2) is 13.1 Å². The van der Waals surface area contributed by atoms with Gasteiger partial charge in [-0.3, -0.25) is 0 Å². The molecule has 0 fully saturated rings. The van der Waals surface area contributed by atoms with Gasteiger partial charge in [0.15, 0.2) is 0 Å². The fraction of sp³-hybridized carbons (Fsp3) is 1.00. The van der Waals surface area contributed by atoms with Crippen LogP contribution in [0.3, 0.4) is 0 Å². The minimum Gasteiger partial charge on any atom is -0.396 e. The van der Waals surface area contributed by atoms with Gasteiger partial charge in [0.2, 0.25) is 10.0 Å². The molecule has 0 radical (unpaired) electrons. The largest absolute Gasteiger partial charge is 0.396 e. The van der Waals surface area contributed by atoms with Gasteiger partial charge < -0.3 is 5.11 Å². The Morgan fingerprint density at radius 3 is 1.86 bits per heavy atom. The number of aliphatic hydroxyl groups excluding tert-OH is 1. The lowest BCUT2D eigenvalue weighted by molar-refractivity contribution is 0.271. The van der Waals surface area contributed by atoms with E-state index in [1.807, 2.05) is 0 Å². The topological polar surface area (TPSA) is 66.4 Å². The Balaban J connectivity index is 4.79. The number of nitrogens with one attached hydrogen (secondary N) is 1. The van der Waals surface area contributed by atoms with Gasteiger partial charge in [-0.05, 0) is 41.0 Å². The predicted molar refractivity (Wildman–Crippen MR) is 57.6 cm³/mol. The molecule has 0 aliphatic heterocycles. The van der Waals surface area contributed by atoms with Gasteiger partial charge in [0.25, 0.3) is 0 Å². The average Bonchev–Trinajstić information content (AvgIpc) is 1.79. The molecule has 0 saturated heterocycles. The summed E-state index contributed by atoms with van der Waals surface area (Å²) in [6, 6.07) is 0. The van der Waals surface area contributed by atoms with Crippen molar-refractivity contribution in [1.29, 1.82) is 0 Å². The van der Waals surface area contributed by atoms with Crippen molar-refractivity contribution in [2.45, 2.75) is 51.3 Å². The SMILES string of the molecule is CC(C)(C)NS(=O)(=O)C(C)(C)CCO. The van der Waals surface area contributed by atoms with E-state index in [0.717, 1.165) is 0 Å². The summed E-state index contributed by atoms with van der Waals surface area (Å²) in [6.07, 6.45) is 0.235. The highest BCUT2D eigenvalue weighted by Crippen LogP contribution is 2.21. The van der Waals surface area contributed by atoms with E-state index in [-0.39, 0.29) is 13.0 Å². The summed E-state index contributed by atoms with van der Waals surface area (Å²) in [6.45, 7) is 8.46. The highest BCUT2D eigenvalue weighted by atomic mass is 32.2. The van der Waals surface area contributed by atoms with E-state index in [1.165, 1.54) is 0 Å². The van der Waals surface area contributed by atoms with Gasteiger partial charge >= 0.3 is 0 Å². The van der Waals surface area contributed by atoms with Crippen molar-refractivity contribution in [2.24, 2.45) is 0 Å². The maximum Gasteiger partial charge on any atom is 0.217 e. The third-order valence-corrected chi connectivity index (χ3v) is 4.42. The van der Waals surface area contributed by atoms with Gasteiger partial charge in [-0.1, -0.05) is 0 Å². The molecule has 0 aliphatic carbocycles. The first-order valence-corrected chi connectivity index (χ1v) is 6.14. The van der Waals surface area contributed by atoms with Crippen LogP contribution in [0.25, 0.3) is 0 Å². The molecule has 0 aromatic carbocycles. The first-order valence-electron chi connectivity index (χ1n) is 4.66. The molecule has 86 valence electrons. The first-order chi connectivity index (χ1) is 6.02. The van der Waals surface area contributed by atoms with Crippen LogP contribution in [0.5, 0.6) is 0 Å². The molecule has 0 aliphatic rings. The monoisotopic (exact) mass is 223 g/mol. The van der Waals surface area contributed by atoms with Crippen LogP contribution in [0.4, 0.5) is 0 Å². The molecule has 14 heavy (non-hydrogen) atoms. The van der Waals surface area contributed by atoms with Crippen molar-refractivity contribution in [3.63, 3.8) is 0 Å². The van der Waals surface area contributed by atoms with Gasteiger partial charge in [-0.15, -0.1) is 0 Å². The number of hydrogen-bond donors (Lipinski definition) is 2. The summed E-state index contributed by atoms with van der Waals surface area (Å²) < 4.78 is 25.3. The molecule has 0 rings (SSSR count). The molecule has 0 heterocycles. The number of rotatable bonds is 4. The minimum atomic E-state index is -3.39. The summed E-state index contributed by atoms with van der Waals surface area (Å²) >= 11 is 0. The Bertz CT molecular complexity index is 275. The molecule has 4 nitrogen and oxygen atoms in total. The molecule has 0 atom stereocenters. The molecule has 0 bridgehead atoms. The van der Waals surface area contributed by atoms with E-state index < -0.39 is 20.3 Å². The van der Waals surface area contributed by atoms with Crippen LogP contribution in [-0.2, 0) is 10.0 Å². The van der Waals surface area contributed by atoms with Crippen LogP contribution in [0.15, 0.2) is 0 Å². The first kappa shape index (κ1) is 13.9. The van der Waals surface area contributed by atoms with Crippen molar-refractivity contribution in [3.8, 4) is 0 Å². The van der Waals surface area contributed by atoms with Gasteiger partial charge in [-0.2, -0.15) is 0 Å². The van der Waals surface area contributed by atoms with E-state index in [4.69, 9.17) is 5.11 Å². The fourth-order valence-corrected chi connectivity index (χ4v) is 2.39. The highest BCUT2D eigenvalue weighted by molar-refractivity contribution is 7.90. The van der Waals surface area contributed by atoms with Gasteiger partial charge in [0.1, 0.15) is 0 Å². The molecular formula is C9H21NO3S. The summed E-state index contributed by atoms with van der Waals surface area (Å²) in [5.74, 6) is 0. The molecule has 0 saturated carbocycles. The van der Waals surface area contributed by atoms with Gasteiger partial charge in [0, 0.05) is 12.1 Å². The Labute approximate surface area is 86.8 Å². The summed E-state index contributed by atoms with van der Waals surface area (Å²) in [7, 11) is -3.39. The van der Waals surface area contributed by atoms with Crippen molar-refractivity contribution >= 4 is 10.0 Å². The highest BCUT2D eigenvalue weighted by Gasteiger charge is 2.36. The number of hydrogen-bond acceptors (Lipinski definition) is 3. The van der Waals surface area contributed by atoms with E-state index >= 15 is 0 Å². The zero-order valence-corrected chi connectivity index (χ0v) is 10.4. The second-order valence-electron chi connectivity index (χ2n) is 5.09. The van der Waals surface area contributed by atoms with E-state index in [1.54, 1.807) is 34.6 Å². The fourth-order valence-electron chi connectivity index (χ4n) is 0.945. The number of sulfonamides is 1. The second-order valence-corrected chi connectivity index (χ2v) is 7.40. The smallest absolute Gasteiger partial charge is 0.217 e. The summed E-state index contributed by atoms with van der Waals surface area (Å²) in [4.78, 5) is 0. The molecule has 0 aromatic heterocycles. The predicted octanol–water partition coefficient (Wildman–Crippen LogP) is 0.865. The zero-order valence-electron chi connectivity index (χ0n) is 9.59. The Morgan fingerprint density at radius 1 is 1.14 bits per heavy atom. The molecule has 2 N–H and O–H groups in total. The van der Waals surface area contributed by atoms with Crippen LogP contribution >= 0.6 is 0 Å². The minimum absolute atomic E-state index is 0.127. The van der Waals surface area contributed by atoms with Crippen LogP contribution in [-0.4, -0.2) is 30.4 Å². The lowest BCUT2D eigenvalue weighted by Crippen LogP contribution is -2.49. The van der Waals surface area contributed by atoms with Crippen molar-refractivity contribution < 1.29 is 13.5 Å². The van der Waals surface area contributed by atoms with E-state index in [2.05, 4.69) is 4.72 Å². The zero-order chi connectivity index (χ0) is 11.6. The summed E-state index contributed by atoms with van der Waals surface area (Å²) in [5.41, 5.74) is -0.481. The summed E-state index contributed by atoms with van der Waals surface area (Å²) in [5, 5.41) is 8.77. The normalized spacial score (nSPS) is 14.4. The maximum absolute atomic E-state index is 11.8. The second kappa shape index (κ2) is 4.16. The number of aliphatic hydroxyl groups is 1. The molecule has 0 amide bonds. The van der Waals surface area contributed by atoms with Gasteiger partial charge in [0.05, 0.1) is 4.75 Å². The average molecular weight is 223 g/mol. The lowest BCUT2D eigenvalue weighted by atomic mass is 10.1. The van der Waals surface area contributed by atoms with E-state index in [9.17, 15) is 8.42 Å². The molecule has 0 aromatic rings. The lowest BCUT2D eigenvalue weighted by Gasteiger charge is -2.29. The van der Waals surface area contributed by atoms with Crippen molar-refractivity contribution in [3.05, 3.63) is 0 Å². The van der Waals surface area contributed by atoms with Crippen molar-refractivity contribution in [2.75, 3.05) is 6.61 Å². The Kier molecular flexibility index (Phi) is 4.12. The van der Waals surface area contributed by atoms with Crippen LogP contribution in [0, 0.1) is 0 Å². The van der Waals surface area contributed by atoms with Crippen LogP contribution in [0.1, 0.15) is 41.0 Å². The third kappa shape index (κ3) is 3.94. The van der Waals surface area contributed by atoms with Crippen molar-refractivity contribution in [1.82, 2.24) is 4.72 Å². The molecule has 5 heteroatoms. The molecular weight excluding hydrogens is 202 g/mol. The standard InChI is InChI=1S/C9H21NO3S/c1-8(2,3)10-14(12,13)9(4,5)6-7-11/h10-11H,6-7H2,1-5H3. The van der Waals surface area contributed by atoms with Crippen LogP contribution < -0.4 is 4.72 Å². The Hall–Kier alpha value is -0.130. The van der Waals surface area contributed by atoms with E-state index in [0.29, 0.717) is 0 Å². The Morgan fingerprint density at radius 2 is 1.57 bits per heavy atom.